The van der Waals surface area contributed by atoms with Crippen LogP contribution in [-0.2, 0) is 19.1 Å². The van der Waals surface area contributed by atoms with Gasteiger partial charge >= 0.3 is 24.0 Å². The molecule has 64 heavy (non-hydrogen) atoms. The van der Waals surface area contributed by atoms with Crippen molar-refractivity contribution in [3.05, 3.63) is 148 Å². The van der Waals surface area contributed by atoms with Crippen LogP contribution in [0.4, 0.5) is 57.5 Å². The first-order valence-corrected chi connectivity index (χ1v) is 18.5. The molecule has 1 aliphatic rings. The Balaban J connectivity index is 1.31. The van der Waals surface area contributed by atoms with E-state index in [0.29, 0.717) is 11.1 Å². The number of halogens is 12. The van der Waals surface area contributed by atoms with E-state index < -0.39 is 168 Å². The van der Waals surface area contributed by atoms with E-state index in [-0.39, 0.29) is 18.2 Å². The smallest absolute Gasteiger partial charge is 0.407 e. The van der Waals surface area contributed by atoms with Crippen molar-refractivity contribution in [2.24, 2.45) is 0 Å². The van der Waals surface area contributed by atoms with Crippen molar-refractivity contribution in [3.8, 4) is 28.4 Å². The van der Waals surface area contributed by atoms with Gasteiger partial charge in [-0.3, -0.25) is 14.4 Å². The van der Waals surface area contributed by atoms with Gasteiger partial charge in [0.15, 0.2) is 34.9 Å². The number of esters is 3. The number of hydrogen-bond acceptors (Lipinski definition) is 8. The topological polar surface area (TPSA) is 117 Å². The highest BCUT2D eigenvalue weighted by atomic mass is 19.2. The van der Waals surface area contributed by atoms with Crippen molar-refractivity contribution in [3.63, 3.8) is 0 Å². The van der Waals surface area contributed by atoms with Crippen molar-refractivity contribution < 1.29 is 90.8 Å². The van der Waals surface area contributed by atoms with Gasteiger partial charge in [0.05, 0.1) is 0 Å². The summed E-state index contributed by atoms with van der Waals surface area (Å²) in [5.41, 5.74) is 0.690. The van der Waals surface area contributed by atoms with Crippen LogP contribution in [0.3, 0.4) is 0 Å². The Labute approximate surface area is 352 Å². The van der Waals surface area contributed by atoms with Crippen molar-refractivity contribution >= 4 is 24.0 Å². The molecule has 0 saturated heterocycles. The molecule has 0 saturated carbocycles. The number of benzene rings is 5. The first kappa shape index (κ1) is 46.4. The highest BCUT2D eigenvalue weighted by molar-refractivity contribution is 5.79. The zero-order valence-corrected chi connectivity index (χ0v) is 32.2. The number of carbonyl (C=O) groups is 4. The van der Waals surface area contributed by atoms with Crippen LogP contribution < -0.4 is 19.5 Å². The molecule has 0 unspecified atom stereocenters. The standard InChI is InChI=1S/C43H27F12NO8/c44-24-15-25(45)34(51)39(33(24)50)62-30(57)9-12-43(13-10-31(58)63-40-35(52)26(46)16-27(47)36(40)53,14-11-32(59)64-41-37(54)28(48)17-29(49)38(41)55)56-42(60)61-18-23-21-7-3-1-5-19(21)20-6-2-4-8-22(20)23/h1-8,15-17,23H,9-14,18H2,(H,56,60). The van der Waals surface area contributed by atoms with Gasteiger partial charge < -0.3 is 24.3 Å². The van der Waals surface area contributed by atoms with Crippen LogP contribution in [0.1, 0.15) is 55.6 Å². The van der Waals surface area contributed by atoms with E-state index in [2.05, 4.69) is 19.5 Å². The van der Waals surface area contributed by atoms with Gasteiger partial charge in [-0.2, -0.15) is 26.3 Å². The fourth-order valence-electron chi connectivity index (χ4n) is 6.85. The number of rotatable bonds is 15. The molecular formula is C43H27F12NO8. The van der Waals surface area contributed by atoms with Gasteiger partial charge in [-0.05, 0) is 41.5 Å². The summed E-state index contributed by atoms with van der Waals surface area (Å²) in [5.74, 6) is -36.0. The average molecular weight is 914 g/mol. The number of alkyl carbamates (subject to hydrolysis) is 1. The lowest BCUT2D eigenvalue weighted by Crippen LogP contribution is -2.50. The van der Waals surface area contributed by atoms with Crippen molar-refractivity contribution in [1.29, 1.82) is 0 Å². The zero-order chi connectivity index (χ0) is 46.6. The zero-order valence-electron chi connectivity index (χ0n) is 32.2. The summed E-state index contributed by atoms with van der Waals surface area (Å²) in [5, 5.41) is 2.29. The van der Waals surface area contributed by atoms with Gasteiger partial charge in [0, 0.05) is 48.9 Å². The lowest BCUT2D eigenvalue weighted by Gasteiger charge is -2.34. The molecule has 0 bridgehead atoms. The monoisotopic (exact) mass is 913 g/mol. The Bertz CT molecular complexity index is 2360. The third kappa shape index (κ3) is 9.92. The lowest BCUT2D eigenvalue weighted by atomic mass is 9.83. The minimum Gasteiger partial charge on any atom is -0.449 e. The second-order valence-electron chi connectivity index (χ2n) is 14.0. The first-order chi connectivity index (χ1) is 30.3. The Morgan fingerprint density at radius 1 is 0.469 bits per heavy atom. The Morgan fingerprint density at radius 2 is 0.766 bits per heavy atom. The first-order valence-electron chi connectivity index (χ1n) is 18.5. The van der Waals surface area contributed by atoms with Gasteiger partial charge in [-0.25, -0.2) is 31.1 Å². The molecule has 21 heteroatoms. The van der Waals surface area contributed by atoms with E-state index in [4.69, 9.17) is 4.74 Å². The van der Waals surface area contributed by atoms with Crippen LogP contribution in [0.5, 0.6) is 17.2 Å². The van der Waals surface area contributed by atoms with Crippen LogP contribution in [-0.4, -0.2) is 36.1 Å². The van der Waals surface area contributed by atoms with Crippen molar-refractivity contribution in [2.75, 3.05) is 6.61 Å². The molecule has 0 radical (unpaired) electrons. The summed E-state index contributed by atoms with van der Waals surface area (Å²) in [4.78, 5) is 52.7. The maximum Gasteiger partial charge on any atom is 0.407 e. The fraction of sp³-hybridized carbons (Fsp3) is 0.209. The van der Waals surface area contributed by atoms with E-state index in [1.54, 1.807) is 48.5 Å². The molecule has 5 aromatic carbocycles. The number of ether oxygens (including phenoxy) is 4. The van der Waals surface area contributed by atoms with Gasteiger partial charge in [-0.15, -0.1) is 0 Å². The molecule has 1 N–H and O–H groups in total. The number of carbonyl (C=O) groups excluding carboxylic acids is 4. The van der Waals surface area contributed by atoms with Crippen LogP contribution in [0.25, 0.3) is 11.1 Å². The molecule has 0 fully saturated rings. The summed E-state index contributed by atoms with van der Waals surface area (Å²) in [6.45, 7) is -0.418. The summed E-state index contributed by atoms with van der Waals surface area (Å²) < 4.78 is 189. The molecule has 6 rings (SSSR count). The normalized spacial score (nSPS) is 12.1. The van der Waals surface area contributed by atoms with Gasteiger partial charge in [0.25, 0.3) is 0 Å². The van der Waals surface area contributed by atoms with Gasteiger partial charge in [0.2, 0.25) is 52.2 Å². The molecule has 1 amide bonds. The Kier molecular flexibility index (Phi) is 13.9. The number of nitrogens with one attached hydrogen (secondary N) is 1. The quantitative estimate of drug-likeness (QED) is 0.0478. The molecule has 9 nitrogen and oxygen atoms in total. The molecule has 336 valence electrons. The largest absolute Gasteiger partial charge is 0.449 e. The summed E-state index contributed by atoms with van der Waals surface area (Å²) >= 11 is 0. The fourth-order valence-corrected chi connectivity index (χ4v) is 6.85. The van der Waals surface area contributed by atoms with Gasteiger partial charge in [-0.1, -0.05) is 48.5 Å². The second-order valence-corrected chi connectivity index (χ2v) is 14.0. The third-order valence-electron chi connectivity index (χ3n) is 10.00. The van der Waals surface area contributed by atoms with Crippen LogP contribution in [0.15, 0.2) is 66.7 Å². The average Bonchev–Trinajstić information content (AvgIpc) is 3.59. The molecule has 5 aromatic rings. The van der Waals surface area contributed by atoms with E-state index in [1.807, 2.05) is 0 Å². The van der Waals surface area contributed by atoms with Crippen LogP contribution in [0, 0.1) is 69.8 Å². The second kappa shape index (κ2) is 19.1. The van der Waals surface area contributed by atoms with E-state index >= 15 is 0 Å². The molecule has 0 atom stereocenters. The lowest BCUT2D eigenvalue weighted by molar-refractivity contribution is -0.135. The van der Waals surface area contributed by atoms with Crippen LogP contribution in [0.2, 0.25) is 0 Å². The summed E-state index contributed by atoms with van der Waals surface area (Å²) in [7, 11) is 0. The summed E-state index contributed by atoms with van der Waals surface area (Å²) in [6.07, 6.45) is -7.66. The Hall–Kier alpha value is -7.06. The van der Waals surface area contributed by atoms with Crippen molar-refractivity contribution in [1.82, 2.24) is 5.32 Å². The minimum atomic E-state index is -2.32. The highest BCUT2D eigenvalue weighted by Crippen LogP contribution is 2.44. The molecule has 0 aliphatic heterocycles. The highest BCUT2D eigenvalue weighted by Gasteiger charge is 2.38. The molecular weight excluding hydrogens is 886 g/mol. The van der Waals surface area contributed by atoms with E-state index in [0.717, 1.165) is 11.1 Å². The van der Waals surface area contributed by atoms with Crippen LogP contribution >= 0.6 is 0 Å². The predicted octanol–water partition coefficient (Wildman–Crippen LogP) is 10.1. The molecule has 0 heterocycles. The predicted molar refractivity (Wildman–Crippen MR) is 194 cm³/mol. The number of hydrogen-bond donors (Lipinski definition) is 1. The van der Waals surface area contributed by atoms with E-state index in [1.165, 1.54) is 0 Å². The molecule has 0 aromatic heterocycles. The molecule has 1 aliphatic carbocycles. The maximum absolute atomic E-state index is 14.4. The van der Waals surface area contributed by atoms with Gasteiger partial charge in [0.1, 0.15) is 6.61 Å². The number of fused-ring (bicyclic) bond motifs is 3. The number of amides is 1. The SMILES string of the molecule is O=C(CCC(CCC(=O)Oc1c(F)c(F)cc(F)c1F)(CCC(=O)Oc1c(F)c(F)cc(F)c1F)NC(=O)OCC1c2ccccc2-c2ccccc21)Oc1c(F)c(F)cc(F)c1F. The third-order valence-corrected chi connectivity index (χ3v) is 10.00. The van der Waals surface area contributed by atoms with E-state index in [9.17, 15) is 71.9 Å². The summed E-state index contributed by atoms with van der Waals surface area (Å²) in [6, 6.07) is 13.4. The van der Waals surface area contributed by atoms with Crippen molar-refractivity contribution in [2.45, 2.75) is 50.0 Å². The molecule has 0 spiro atoms. The maximum atomic E-state index is 14.4. The minimum absolute atomic E-state index is 0.199. The Morgan fingerprint density at radius 3 is 1.08 bits per heavy atom.